The van der Waals surface area contributed by atoms with Gasteiger partial charge in [-0.3, -0.25) is 4.79 Å². The van der Waals surface area contributed by atoms with E-state index in [-0.39, 0.29) is 23.7 Å². The van der Waals surface area contributed by atoms with Crippen LogP contribution in [0.4, 0.5) is 0 Å². The molecule has 1 aromatic rings. The van der Waals surface area contributed by atoms with Gasteiger partial charge < -0.3 is 28.8 Å². The number of methoxy groups -OCH3 is 1. The summed E-state index contributed by atoms with van der Waals surface area (Å²) in [5, 5.41) is 9.55. The number of hydrogen-bond acceptors (Lipinski definition) is 8. The second-order valence-electron chi connectivity index (χ2n) is 8.85. The smallest absolute Gasteiger partial charge is 0.338 e. The summed E-state index contributed by atoms with van der Waals surface area (Å²) in [5.41, 5.74) is -1.27. The number of rotatable bonds is 16. The number of phenols is 1. The number of hydrogen-bond donors (Lipinski definition) is 1. The van der Waals surface area contributed by atoms with Crippen molar-refractivity contribution in [2.24, 2.45) is 10.8 Å². The first-order valence-electron chi connectivity index (χ1n) is 10.8. The predicted molar refractivity (Wildman–Crippen MR) is 120 cm³/mol. The Hall–Kier alpha value is -2.00. The molecular weight excluding hydrogens is 416 g/mol. The summed E-state index contributed by atoms with van der Waals surface area (Å²) in [7, 11) is 1.62. The number of benzene rings is 1. The number of carbonyl (C=O) groups excluding carboxylic acids is 2. The SMILES string of the molecule is COCCOCCOCCOCCC(C)(COC(=O)c1cccc(O)c1)C(=O)C(C)(C)C. The fourth-order valence-corrected chi connectivity index (χ4v) is 3.08. The lowest BCUT2D eigenvalue weighted by Crippen LogP contribution is -2.42. The molecular formula is C24H38O8. The van der Waals surface area contributed by atoms with Gasteiger partial charge in [-0.15, -0.1) is 0 Å². The minimum Gasteiger partial charge on any atom is -0.508 e. The summed E-state index contributed by atoms with van der Waals surface area (Å²) in [4.78, 5) is 25.4. The Balaban J connectivity index is 2.47. The van der Waals surface area contributed by atoms with Crippen LogP contribution in [0.2, 0.25) is 0 Å². The van der Waals surface area contributed by atoms with Crippen LogP contribution in [0.15, 0.2) is 24.3 Å². The van der Waals surface area contributed by atoms with E-state index in [2.05, 4.69) is 0 Å². The third-order valence-corrected chi connectivity index (χ3v) is 4.81. The third kappa shape index (κ3) is 10.5. The fraction of sp³-hybridized carbons (Fsp3) is 0.667. The van der Waals surface area contributed by atoms with E-state index in [0.29, 0.717) is 52.7 Å². The first-order valence-corrected chi connectivity index (χ1v) is 10.8. The number of ketones is 1. The minimum absolute atomic E-state index is 0.0123. The Labute approximate surface area is 191 Å². The maximum Gasteiger partial charge on any atom is 0.338 e. The van der Waals surface area contributed by atoms with Crippen molar-refractivity contribution in [2.45, 2.75) is 34.1 Å². The van der Waals surface area contributed by atoms with Gasteiger partial charge in [-0.05, 0) is 31.5 Å². The molecule has 0 aliphatic rings. The van der Waals surface area contributed by atoms with E-state index in [0.717, 1.165) is 0 Å². The molecule has 1 atom stereocenters. The zero-order valence-electron chi connectivity index (χ0n) is 20.0. The van der Waals surface area contributed by atoms with Crippen LogP contribution in [0, 0.1) is 10.8 Å². The Morgan fingerprint density at radius 3 is 1.97 bits per heavy atom. The van der Waals surface area contributed by atoms with Crippen molar-refractivity contribution in [1.29, 1.82) is 0 Å². The minimum atomic E-state index is -0.902. The van der Waals surface area contributed by atoms with Crippen molar-refractivity contribution in [1.82, 2.24) is 0 Å². The first-order chi connectivity index (χ1) is 15.1. The number of ether oxygens (including phenoxy) is 5. The highest BCUT2D eigenvalue weighted by Crippen LogP contribution is 2.33. The van der Waals surface area contributed by atoms with Gasteiger partial charge in [-0.2, -0.15) is 0 Å². The molecule has 0 saturated heterocycles. The molecule has 0 amide bonds. The van der Waals surface area contributed by atoms with Crippen LogP contribution >= 0.6 is 0 Å². The second-order valence-corrected chi connectivity index (χ2v) is 8.85. The van der Waals surface area contributed by atoms with Gasteiger partial charge >= 0.3 is 5.97 Å². The highest BCUT2D eigenvalue weighted by Gasteiger charge is 2.40. The molecule has 0 aliphatic heterocycles. The van der Waals surface area contributed by atoms with Crippen molar-refractivity contribution >= 4 is 11.8 Å². The fourth-order valence-electron chi connectivity index (χ4n) is 3.08. The van der Waals surface area contributed by atoms with Gasteiger partial charge in [0.15, 0.2) is 0 Å². The van der Waals surface area contributed by atoms with Gasteiger partial charge in [-0.25, -0.2) is 4.79 Å². The van der Waals surface area contributed by atoms with Crippen LogP contribution in [0.25, 0.3) is 0 Å². The Kier molecular flexibility index (Phi) is 12.4. The second kappa shape index (κ2) is 14.2. The molecule has 0 bridgehead atoms. The standard InChI is InChI=1S/C24H38O8/c1-23(2,3)22(27)24(4,18-32-21(26)19-7-6-8-20(25)17-19)9-10-29-13-14-31-16-15-30-12-11-28-5/h6-8,17,25H,9-16,18H2,1-5H3. The largest absolute Gasteiger partial charge is 0.508 e. The van der Waals surface area contributed by atoms with E-state index in [1.54, 1.807) is 26.2 Å². The normalized spacial score (nSPS) is 13.5. The lowest BCUT2D eigenvalue weighted by atomic mass is 9.72. The van der Waals surface area contributed by atoms with Gasteiger partial charge in [0.05, 0.1) is 50.6 Å². The lowest BCUT2D eigenvalue weighted by Gasteiger charge is -2.33. The van der Waals surface area contributed by atoms with E-state index in [4.69, 9.17) is 23.7 Å². The molecule has 1 rings (SSSR count). The van der Waals surface area contributed by atoms with Crippen LogP contribution in [0.5, 0.6) is 5.75 Å². The third-order valence-electron chi connectivity index (χ3n) is 4.81. The molecule has 182 valence electrons. The van der Waals surface area contributed by atoms with E-state index >= 15 is 0 Å². The van der Waals surface area contributed by atoms with Crippen molar-refractivity contribution in [3.8, 4) is 5.75 Å². The van der Waals surface area contributed by atoms with Crippen LogP contribution in [-0.4, -0.2) is 76.8 Å². The van der Waals surface area contributed by atoms with Gasteiger partial charge in [-0.1, -0.05) is 26.8 Å². The molecule has 0 heterocycles. The lowest BCUT2D eigenvalue weighted by molar-refractivity contribution is -0.139. The zero-order chi connectivity index (χ0) is 24.0. The maximum atomic E-state index is 13.1. The van der Waals surface area contributed by atoms with Crippen LogP contribution in [-0.2, 0) is 28.5 Å². The summed E-state index contributed by atoms with van der Waals surface area (Å²) in [6.45, 7) is 10.4. The zero-order valence-corrected chi connectivity index (χ0v) is 20.0. The molecule has 0 spiro atoms. The Morgan fingerprint density at radius 2 is 1.44 bits per heavy atom. The van der Waals surface area contributed by atoms with Crippen LogP contribution in [0.3, 0.4) is 0 Å². The summed E-state index contributed by atoms with van der Waals surface area (Å²) in [6, 6.07) is 5.92. The van der Waals surface area contributed by atoms with E-state index < -0.39 is 16.8 Å². The number of esters is 1. The number of carbonyl (C=O) groups is 2. The molecule has 0 radical (unpaired) electrons. The summed E-state index contributed by atoms with van der Waals surface area (Å²) < 4.78 is 26.7. The topological polar surface area (TPSA) is 101 Å². The molecule has 32 heavy (non-hydrogen) atoms. The number of aromatic hydroxyl groups is 1. The van der Waals surface area contributed by atoms with Crippen LogP contribution < -0.4 is 0 Å². The monoisotopic (exact) mass is 454 g/mol. The highest BCUT2D eigenvalue weighted by atomic mass is 16.6. The highest BCUT2D eigenvalue weighted by molar-refractivity contribution is 5.91. The van der Waals surface area contributed by atoms with Gasteiger partial charge in [0.2, 0.25) is 0 Å². The van der Waals surface area contributed by atoms with E-state index in [9.17, 15) is 14.7 Å². The van der Waals surface area contributed by atoms with Crippen molar-refractivity contribution in [3.63, 3.8) is 0 Å². The molecule has 0 aromatic heterocycles. The molecule has 0 aliphatic carbocycles. The van der Waals surface area contributed by atoms with Crippen molar-refractivity contribution in [3.05, 3.63) is 29.8 Å². The quantitative estimate of drug-likeness (QED) is 0.300. The van der Waals surface area contributed by atoms with Gasteiger partial charge in [0.25, 0.3) is 0 Å². The van der Waals surface area contributed by atoms with Gasteiger partial charge in [0.1, 0.15) is 18.1 Å². The first kappa shape index (κ1) is 28.0. The average molecular weight is 455 g/mol. The van der Waals surface area contributed by atoms with Crippen LogP contribution in [0.1, 0.15) is 44.5 Å². The van der Waals surface area contributed by atoms with E-state index in [1.165, 1.54) is 12.1 Å². The average Bonchev–Trinajstić information content (AvgIpc) is 2.74. The Morgan fingerprint density at radius 1 is 0.875 bits per heavy atom. The number of phenolic OH excluding ortho intramolecular Hbond substituents is 1. The summed E-state index contributed by atoms with van der Waals surface area (Å²) in [5.74, 6) is -0.622. The van der Waals surface area contributed by atoms with Crippen molar-refractivity contribution in [2.75, 3.05) is 60.0 Å². The molecule has 1 aromatic carbocycles. The number of Topliss-reactive ketones (excluding diaryl/α,β-unsaturated/α-hetero) is 1. The van der Waals surface area contributed by atoms with Crippen molar-refractivity contribution < 1.29 is 38.4 Å². The molecule has 0 fully saturated rings. The molecule has 0 saturated carbocycles. The molecule has 1 N–H and O–H groups in total. The Bertz CT molecular complexity index is 697. The van der Waals surface area contributed by atoms with Gasteiger partial charge in [0, 0.05) is 19.1 Å². The molecule has 8 nitrogen and oxygen atoms in total. The molecule has 1 unspecified atom stereocenters. The predicted octanol–water partition coefficient (Wildman–Crippen LogP) is 3.26. The summed E-state index contributed by atoms with van der Waals surface area (Å²) >= 11 is 0. The van der Waals surface area contributed by atoms with E-state index in [1.807, 2.05) is 20.8 Å². The molecule has 8 heteroatoms. The maximum absolute atomic E-state index is 13.1. The summed E-state index contributed by atoms with van der Waals surface area (Å²) in [6.07, 6.45) is 0.399.